The average Bonchev–Trinajstić information content (AvgIpc) is 3.28. The van der Waals surface area contributed by atoms with Crippen LogP contribution in [0.3, 0.4) is 0 Å². The largest absolute Gasteiger partial charge is 0.338 e. The number of carbonyl (C=O) groups is 3. The van der Waals surface area contributed by atoms with Crippen molar-refractivity contribution in [1.82, 2.24) is 15.3 Å². The van der Waals surface area contributed by atoms with Crippen LogP contribution < -0.4 is 5.43 Å². The number of halogens is 1. The molecule has 6 nitrogen and oxygen atoms in total. The van der Waals surface area contributed by atoms with Crippen LogP contribution in [-0.4, -0.2) is 45.3 Å². The average molecular weight is 428 g/mol. The second-order valence-electron chi connectivity index (χ2n) is 7.52. The Labute approximate surface area is 178 Å². The minimum atomic E-state index is -0.510. The van der Waals surface area contributed by atoms with E-state index in [1.807, 2.05) is 30.3 Å². The van der Waals surface area contributed by atoms with E-state index in [9.17, 15) is 18.8 Å². The Hall–Kier alpha value is -2.87. The molecule has 0 radical (unpaired) electrons. The number of rotatable bonds is 6. The van der Waals surface area contributed by atoms with Gasteiger partial charge in [0.2, 0.25) is 11.8 Å². The highest BCUT2D eigenvalue weighted by molar-refractivity contribution is 8.01. The lowest BCUT2D eigenvalue weighted by molar-refractivity contribution is -0.140. The molecule has 3 amide bonds. The third-order valence-electron chi connectivity index (χ3n) is 5.33. The topological polar surface area (TPSA) is 69.7 Å². The smallest absolute Gasteiger partial charge is 0.255 e. The second kappa shape index (κ2) is 8.87. The van der Waals surface area contributed by atoms with Crippen molar-refractivity contribution in [2.75, 3.05) is 12.4 Å². The highest BCUT2D eigenvalue weighted by Crippen LogP contribution is 2.27. The lowest BCUT2D eigenvalue weighted by atomic mass is 10.1. The highest BCUT2D eigenvalue weighted by Gasteiger charge is 2.38. The molecule has 8 heteroatoms. The first-order valence-electron chi connectivity index (χ1n) is 9.79. The number of amides is 3. The van der Waals surface area contributed by atoms with Crippen LogP contribution in [-0.2, 0) is 27.3 Å². The van der Waals surface area contributed by atoms with E-state index >= 15 is 0 Å². The molecule has 0 saturated carbocycles. The van der Waals surface area contributed by atoms with E-state index in [1.165, 1.54) is 28.9 Å². The summed E-state index contributed by atoms with van der Waals surface area (Å²) in [6.07, 6.45) is 0.722. The zero-order valence-corrected chi connectivity index (χ0v) is 17.1. The molecule has 0 aromatic heterocycles. The Kier molecular flexibility index (Phi) is 6.03. The summed E-state index contributed by atoms with van der Waals surface area (Å²) in [6, 6.07) is 15.7. The fraction of sp³-hybridized carbons (Fsp3) is 0.318. The van der Waals surface area contributed by atoms with E-state index < -0.39 is 5.92 Å². The molecule has 2 aromatic rings. The van der Waals surface area contributed by atoms with Crippen LogP contribution in [0.4, 0.5) is 4.39 Å². The van der Waals surface area contributed by atoms with Crippen LogP contribution in [0.2, 0.25) is 0 Å². The van der Waals surface area contributed by atoms with Gasteiger partial charge in [-0.2, -0.15) is 0 Å². The van der Waals surface area contributed by atoms with E-state index in [0.717, 1.165) is 11.1 Å². The van der Waals surface area contributed by atoms with Gasteiger partial charge in [0.15, 0.2) is 0 Å². The second-order valence-corrected chi connectivity index (χ2v) is 8.68. The molecule has 30 heavy (non-hydrogen) atoms. The summed E-state index contributed by atoms with van der Waals surface area (Å²) in [7, 11) is 0. The van der Waals surface area contributed by atoms with Gasteiger partial charge < -0.3 is 4.90 Å². The number of carbonyl (C=O) groups excluding carboxylic acids is 3. The molecule has 2 fully saturated rings. The SMILES string of the molecule is O=C(NN1CSC(Cc2ccccc2)C1=O)C1CC(=O)N(Cc2ccc(F)cc2)C1. The summed E-state index contributed by atoms with van der Waals surface area (Å²) in [4.78, 5) is 39.2. The van der Waals surface area contributed by atoms with Crippen LogP contribution >= 0.6 is 11.8 Å². The summed E-state index contributed by atoms with van der Waals surface area (Å²) in [5, 5.41) is 1.13. The number of nitrogens with one attached hydrogen (secondary N) is 1. The first kappa shape index (κ1) is 20.4. The lowest BCUT2D eigenvalue weighted by Crippen LogP contribution is -2.47. The molecular weight excluding hydrogens is 405 g/mol. The number of hydrogen-bond acceptors (Lipinski definition) is 4. The zero-order chi connectivity index (χ0) is 21.1. The Morgan fingerprint density at radius 2 is 1.80 bits per heavy atom. The van der Waals surface area contributed by atoms with Crippen molar-refractivity contribution in [2.24, 2.45) is 5.92 Å². The van der Waals surface area contributed by atoms with Gasteiger partial charge in [0.25, 0.3) is 5.91 Å². The summed E-state index contributed by atoms with van der Waals surface area (Å²) in [6.45, 7) is 0.616. The molecule has 0 aliphatic carbocycles. The number of hydrogen-bond donors (Lipinski definition) is 1. The number of nitrogens with zero attached hydrogens (tertiary/aromatic N) is 2. The Morgan fingerprint density at radius 1 is 1.07 bits per heavy atom. The monoisotopic (exact) mass is 427 g/mol. The minimum Gasteiger partial charge on any atom is -0.338 e. The summed E-state index contributed by atoms with van der Waals surface area (Å²) < 4.78 is 13.1. The lowest BCUT2D eigenvalue weighted by Gasteiger charge is -2.20. The molecule has 4 rings (SSSR count). The predicted molar refractivity (Wildman–Crippen MR) is 111 cm³/mol. The van der Waals surface area contributed by atoms with Gasteiger partial charge in [0.1, 0.15) is 5.82 Å². The molecule has 2 atom stereocenters. The van der Waals surface area contributed by atoms with Crippen LogP contribution in [0, 0.1) is 11.7 Å². The van der Waals surface area contributed by atoms with Gasteiger partial charge in [0.05, 0.1) is 17.0 Å². The van der Waals surface area contributed by atoms with Crippen molar-refractivity contribution in [3.8, 4) is 0 Å². The number of benzene rings is 2. The van der Waals surface area contributed by atoms with Crippen molar-refractivity contribution < 1.29 is 18.8 Å². The fourth-order valence-corrected chi connectivity index (χ4v) is 4.77. The van der Waals surface area contributed by atoms with E-state index in [-0.39, 0.29) is 41.8 Å². The maximum atomic E-state index is 13.1. The third kappa shape index (κ3) is 4.64. The predicted octanol–water partition coefficient (Wildman–Crippen LogP) is 2.35. The molecule has 1 N–H and O–H groups in total. The van der Waals surface area contributed by atoms with E-state index in [2.05, 4.69) is 5.43 Å². The normalized spacial score (nSPS) is 21.4. The van der Waals surface area contributed by atoms with Gasteiger partial charge in [0, 0.05) is 19.5 Å². The maximum absolute atomic E-state index is 13.1. The summed E-state index contributed by atoms with van der Waals surface area (Å²) in [5.41, 5.74) is 4.58. The number of thioether (sulfide) groups is 1. The van der Waals surface area contributed by atoms with E-state index in [0.29, 0.717) is 18.8 Å². The van der Waals surface area contributed by atoms with Gasteiger partial charge in [-0.25, -0.2) is 9.40 Å². The zero-order valence-electron chi connectivity index (χ0n) is 16.3. The Bertz CT molecular complexity index is 938. The minimum absolute atomic E-state index is 0.107. The Balaban J connectivity index is 1.30. The molecule has 0 bridgehead atoms. The summed E-state index contributed by atoms with van der Waals surface area (Å²) in [5.74, 6) is -1.01. The maximum Gasteiger partial charge on any atom is 0.255 e. The number of likely N-dealkylation sites (tertiary alicyclic amines) is 1. The molecule has 2 unspecified atom stereocenters. The standard InChI is InChI=1S/C22H22FN3O3S/c23-18-8-6-16(7-9-18)12-25-13-17(11-20(25)27)21(28)24-26-14-30-19(22(26)29)10-15-4-2-1-3-5-15/h1-9,17,19H,10-14H2,(H,24,28). The van der Waals surface area contributed by atoms with Gasteiger partial charge >= 0.3 is 0 Å². The van der Waals surface area contributed by atoms with Crippen LogP contribution in [0.5, 0.6) is 0 Å². The third-order valence-corrected chi connectivity index (χ3v) is 6.51. The fourth-order valence-electron chi connectivity index (χ4n) is 3.67. The van der Waals surface area contributed by atoms with E-state index in [4.69, 9.17) is 0 Å². The van der Waals surface area contributed by atoms with Crippen LogP contribution in [0.25, 0.3) is 0 Å². The molecule has 2 aromatic carbocycles. The molecule has 0 spiro atoms. The van der Waals surface area contributed by atoms with Gasteiger partial charge in [-0.05, 0) is 29.7 Å². The molecule has 2 saturated heterocycles. The molecule has 2 aliphatic rings. The highest BCUT2D eigenvalue weighted by atomic mass is 32.2. The molecule has 2 heterocycles. The van der Waals surface area contributed by atoms with E-state index in [1.54, 1.807) is 17.0 Å². The first-order valence-corrected chi connectivity index (χ1v) is 10.8. The van der Waals surface area contributed by atoms with Crippen molar-refractivity contribution in [2.45, 2.75) is 24.6 Å². The van der Waals surface area contributed by atoms with Gasteiger partial charge in [-0.1, -0.05) is 42.5 Å². The quantitative estimate of drug-likeness (QED) is 0.769. The molecular formula is C22H22FN3O3S. The Morgan fingerprint density at radius 3 is 2.53 bits per heavy atom. The number of hydrazine groups is 1. The van der Waals surface area contributed by atoms with Gasteiger partial charge in [-0.15, -0.1) is 11.8 Å². The van der Waals surface area contributed by atoms with Crippen LogP contribution in [0.1, 0.15) is 17.5 Å². The summed E-state index contributed by atoms with van der Waals surface area (Å²) >= 11 is 1.50. The van der Waals surface area contributed by atoms with Crippen molar-refractivity contribution in [3.05, 3.63) is 71.5 Å². The van der Waals surface area contributed by atoms with Crippen molar-refractivity contribution in [1.29, 1.82) is 0 Å². The van der Waals surface area contributed by atoms with Crippen molar-refractivity contribution in [3.63, 3.8) is 0 Å². The first-order chi connectivity index (χ1) is 14.5. The molecule has 2 aliphatic heterocycles. The molecule has 156 valence electrons. The van der Waals surface area contributed by atoms with Crippen molar-refractivity contribution >= 4 is 29.5 Å². The van der Waals surface area contributed by atoms with Crippen LogP contribution in [0.15, 0.2) is 54.6 Å². The van der Waals surface area contributed by atoms with Gasteiger partial charge in [-0.3, -0.25) is 19.8 Å².